The summed E-state index contributed by atoms with van der Waals surface area (Å²) in [7, 11) is -3.63. The van der Waals surface area contributed by atoms with Crippen LogP contribution in [0.25, 0.3) is 0 Å². The molecule has 0 spiro atoms. The number of hydrogen-bond acceptors (Lipinski definition) is 5. The van der Waals surface area contributed by atoms with Gasteiger partial charge in [-0.15, -0.1) is 11.3 Å². The van der Waals surface area contributed by atoms with Gasteiger partial charge in [-0.05, 0) is 38.0 Å². The molecular formula is C19H22F2N2O4S2. The Hall–Kier alpha value is -2.04. The van der Waals surface area contributed by atoms with Gasteiger partial charge in [0.1, 0.15) is 9.96 Å². The van der Waals surface area contributed by atoms with E-state index in [4.69, 9.17) is 0 Å². The lowest BCUT2D eigenvalue weighted by atomic mass is 9.98. The van der Waals surface area contributed by atoms with Crippen LogP contribution in [0.3, 0.4) is 0 Å². The Kier molecular flexibility index (Phi) is 6.86. The summed E-state index contributed by atoms with van der Waals surface area (Å²) in [6.45, 7) is -0.625. The van der Waals surface area contributed by atoms with Gasteiger partial charge in [-0.25, -0.2) is 8.42 Å². The third-order valence-corrected chi connectivity index (χ3v) is 8.04. The SMILES string of the molecule is Cc1ccc(S(=O)(=O)N2CCC[C@@H](C(=O)NCc3ccccc3OC(F)F)C2)s1. The number of carbonyl (C=O) groups is 1. The van der Waals surface area contributed by atoms with Crippen molar-refractivity contribution < 1.29 is 26.7 Å². The average molecular weight is 445 g/mol. The molecule has 1 aliphatic rings. The molecule has 0 bridgehead atoms. The summed E-state index contributed by atoms with van der Waals surface area (Å²) < 4.78 is 56.7. The van der Waals surface area contributed by atoms with Crippen molar-refractivity contribution in [2.24, 2.45) is 5.92 Å². The Morgan fingerprint density at radius 2 is 2.07 bits per heavy atom. The van der Waals surface area contributed by atoms with E-state index < -0.39 is 22.6 Å². The molecule has 1 fully saturated rings. The zero-order chi connectivity index (χ0) is 21.0. The maximum Gasteiger partial charge on any atom is 0.387 e. The van der Waals surface area contributed by atoms with Gasteiger partial charge in [0.25, 0.3) is 10.0 Å². The van der Waals surface area contributed by atoms with Crippen LogP contribution < -0.4 is 10.1 Å². The molecule has 29 heavy (non-hydrogen) atoms. The molecule has 1 aliphatic heterocycles. The molecule has 10 heteroatoms. The van der Waals surface area contributed by atoms with Gasteiger partial charge in [0, 0.05) is 30.1 Å². The molecule has 1 atom stereocenters. The van der Waals surface area contributed by atoms with Crippen molar-refractivity contribution in [3.8, 4) is 5.75 Å². The van der Waals surface area contributed by atoms with Crippen LogP contribution in [-0.4, -0.2) is 38.3 Å². The monoisotopic (exact) mass is 444 g/mol. The number of para-hydroxylation sites is 1. The highest BCUT2D eigenvalue weighted by atomic mass is 32.2. The van der Waals surface area contributed by atoms with E-state index in [1.165, 1.54) is 21.7 Å². The fourth-order valence-electron chi connectivity index (χ4n) is 3.24. The third kappa shape index (κ3) is 5.31. The van der Waals surface area contributed by atoms with Gasteiger partial charge in [0.15, 0.2) is 0 Å². The van der Waals surface area contributed by atoms with Crippen molar-refractivity contribution in [1.82, 2.24) is 9.62 Å². The smallest absolute Gasteiger partial charge is 0.387 e. The summed E-state index contributed by atoms with van der Waals surface area (Å²) in [6.07, 6.45) is 1.14. The molecule has 1 aromatic carbocycles. The van der Waals surface area contributed by atoms with Gasteiger partial charge in [-0.2, -0.15) is 13.1 Å². The van der Waals surface area contributed by atoms with Gasteiger partial charge >= 0.3 is 6.61 Å². The lowest BCUT2D eigenvalue weighted by Gasteiger charge is -2.30. The molecule has 6 nitrogen and oxygen atoms in total. The van der Waals surface area contributed by atoms with Gasteiger partial charge in [0.2, 0.25) is 5.91 Å². The van der Waals surface area contributed by atoms with Crippen LogP contribution in [0.5, 0.6) is 5.75 Å². The van der Waals surface area contributed by atoms with E-state index in [0.29, 0.717) is 24.9 Å². The third-order valence-electron chi connectivity index (χ3n) is 4.71. The molecule has 1 N–H and O–H groups in total. The average Bonchev–Trinajstić information content (AvgIpc) is 3.14. The minimum atomic E-state index is -3.63. The number of amides is 1. The van der Waals surface area contributed by atoms with E-state index in [9.17, 15) is 22.0 Å². The number of alkyl halides is 2. The number of thiophene rings is 1. The van der Waals surface area contributed by atoms with E-state index in [2.05, 4.69) is 10.1 Å². The van der Waals surface area contributed by atoms with Crippen molar-refractivity contribution in [3.05, 3.63) is 46.8 Å². The number of nitrogens with zero attached hydrogens (tertiary/aromatic N) is 1. The molecule has 0 aliphatic carbocycles. The summed E-state index contributed by atoms with van der Waals surface area (Å²) in [4.78, 5) is 13.5. The first kappa shape index (κ1) is 21.7. The number of benzene rings is 1. The van der Waals surface area contributed by atoms with Gasteiger partial charge in [0.05, 0.1) is 5.92 Å². The summed E-state index contributed by atoms with van der Waals surface area (Å²) in [6, 6.07) is 9.57. The number of halogens is 2. The number of piperidine rings is 1. The maximum atomic E-state index is 12.8. The lowest BCUT2D eigenvalue weighted by molar-refractivity contribution is -0.126. The molecule has 0 saturated carbocycles. The Morgan fingerprint density at radius 3 is 2.76 bits per heavy atom. The van der Waals surface area contributed by atoms with E-state index in [0.717, 1.165) is 4.88 Å². The maximum absolute atomic E-state index is 12.8. The second-order valence-corrected chi connectivity index (χ2v) is 10.2. The molecule has 1 saturated heterocycles. The predicted octanol–water partition coefficient (Wildman–Crippen LogP) is 3.38. The molecule has 0 unspecified atom stereocenters. The topological polar surface area (TPSA) is 75.7 Å². The highest BCUT2D eigenvalue weighted by molar-refractivity contribution is 7.91. The minimum absolute atomic E-state index is 0.00344. The second kappa shape index (κ2) is 9.19. The van der Waals surface area contributed by atoms with Crippen LogP contribution in [0.4, 0.5) is 8.78 Å². The summed E-state index contributed by atoms with van der Waals surface area (Å²) in [5.74, 6) is -0.800. The van der Waals surface area contributed by atoms with E-state index in [1.54, 1.807) is 30.3 Å². The summed E-state index contributed by atoms with van der Waals surface area (Å²) in [5, 5.41) is 2.72. The molecule has 1 aromatic heterocycles. The van der Waals surface area contributed by atoms with Crippen molar-refractivity contribution in [3.63, 3.8) is 0 Å². The largest absolute Gasteiger partial charge is 0.434 e. The second-order valence-electron chi connectivity index (χ2n) is 6.77. The Labute approximate surface area is 172 Å². The predicted molar refractivity (Wildman–Crippen MR) is 105 cm³/mol. The van der Waals surface area contributed by atoms with Crippen molar-refractivity contribution in [2.45, 2.75) is 37.1 Å². The van der Waals surface area contributed by atoms with Crippen molar-refractivity contribution in [1.29, 1.82) is 0 Å². The molecule has 1 amide bonds. The number of aryl methyl sites for hydroxylation is 1. The molecule has 2 heterocycles. The van der Waals surface area contributed by atoms with Crippen LogP contribution in [0.2, 0.25) is 0 Å². The molecule has 158 valence electrons. The van der Waals surface area contributed by atoms with Crippen LogP contribution in [-0.2, 0) is 21.4 Å². The van der Waals surface area contributed by atoms with E-state index in [-0.39, 0.29) is 29.0 Å². The van der Waals surface area contributed by atoms with Crippen LogP contribution in [0, 0.1) is 12.8 Å². The summed E-state index contributed by atoms with van der Waals surface area (Å²) in [5.41, 5.74) is 0.426. The standard InChI is InChI=1S/C19H22F2N2O4S2/c1-13-8-9-17(28-13)29(25,26)23-10-4-6-15(12-23)18(24)22-11-14-5-2-3-7-16(14)27-19(20)21/h2-3,5,7-9,15,19H,4,6,10-12H2,1H3,(H,22,24)/t15-/m1/s1. The number of rotatable bonds is 7. The number of hydrogen-bond donors (Lipinski definition) is 1. The van der Waals surface area contributed by atoms with Crippen molar-refractivity contribution >= 4 is 27.3 Å². The Bertz CT molecular complexity index is 963. The fourth-order valence-corrected chi connectivity index (χ4v) is 6.20. The van der Waals surface area contributed by atoms with Crippen LogP contribution >= 0.6 is 11.3 Å². The molecule has 2 aromatic rings. The van der Waals surface area contributed by atoms with Crippen LogP contribution in [0.1, 0.15) is 23.3 Å². The normalized spacial score (nSPS) is 18.0. The first-order chi connectivity index (χ1) is 13.8. The highest BCUT2D eigenvalue weighted by Gasteiger charge is 2.34. The molecular weight excluding hydrogens is 422 g/mol. The number of sulfonamides is 1. The molecule has 0 radical (unpaired) electrons. The highest BCUT2D eigenvalue weighted by Crippen LogP contribution is 2.28. The first-order valence-electron chi connectivity index (χ1n) is 9.14. The number of ether oxygens (including phenoxy) is 1. The quantitative estimate of drug-likeness (QED) is 0.711. The fraction of sp³-hybridized carbons (Fsp3) is 0.421. The van der Waals surface area contributed by atoms with Crippen molar-refractivity contribution in [2.75, 3.05) is 13.1 Å². The number of nitrogens with one attached hydrogen (secondary N) is 1. The molecule has 3 rings (SSSR count). The van der Waals surface area contributed by atoms with Gasteiger partial charge < -0.3 is 10.1 Å². The number of carbonyl (C=O) groups excluding carboxylic acids is 1. The Balaban J connectivity index is 1.63. The van der Waals surface area contributed by atoms with Crippen LogP contribution in [0.15, 0.2) is 40.6 Å². The van der Waals surface area contributed by atoms with Gasteiger partial charge in [-0.3, -0.25) is 4.79 Å². The zero-order valence-electron chi connectivity index (χ0n) is 15.8. The Morgan fingerprint density at radius 1 is 1.31 bits per heavy atom. The van der Waals surface area contributed by atoms with E-state index in [1.807, 2.05) is 6.92 Å². The van der Waals surface area contributed by atoms with E-state index >= 15 is 0 Å². The lowest BCUT2D eigenvalue weighted by Crippen LogP contribution is -2.45. The zero-order valence-corrected chi connectivity index (χ0v) is 17.4. The van der Waals surface area contributed by atoms with Gasteiger partial charge in [-0.1, -0.05) is 18.2 Å². The first-order valence-corrected chi connectivity index (χ1v) is 11.4. The minimum Gasteiger partial charge on any atom is -0.434 e. The summed E-state index contributed by atoms with van der Waals surface area (Å²) >= 11 is 1.21.